The molecule has 0 spiro atoms. The van der Waals surface area contributed by atoms with Crippen molar-refractivity contribution >= 4 is 34.8 Å². The average molecular weight is 247 g/mol. The first-order valence-corrected chi connectivity index (χ1v) is 5.25. The molecule has 0 heterocycles. The van der Waals surface area contributed by atoms with Crippen molar-refractivity contribution in [1.29, 1.82) is 0 Å². The summed E-state index contributed by atoms with van der Waals surface area (Å²) in [5.41, 5.74) is 5.78. The third-order valence-corrected chi connectivity index (χ3v) is 2.68. The molecule has 0 bridgehead atoms. The van der Waals surface area contributed by atoms with Gasteiger partial charge in [0.15, 0.2) is 0 Å². The van der Waals surface area contributed by atoms with Crippen LogP contribution in [0, 0.1) is 0 Å². The van der Waals surface area contributed by atoms with E-state index in [1.807, 2.05) is 6.92 Å². The predicted molar refractivity (Wildman–Crippen MR) is 63.4 cm³/mol. The number of nitrogens with two attached hydrogens (primary N) is 1. The Morgan fingerprint density at radius 2 is 2.20 bits per heavy atom. The molecule has 1 atom stereocenters. The van der Waals surface area contributed by atoms with Gasteiger partial charge in [-0.2, -0.15) is 0 Å². The molecule has 0 aromatic heterocycles. The molecule has 3 N–H and O–H groups in total. The minimum atomic E-state index is -0.354. The number of anilines is 1. The largest absolute Gasteiger partial charge is 0.381 e. The van der Waals surface area contributed by atoms with Crippen LogP contribution in [0.25, 0.3) is 0 Å². The smallest absolute Gasteiger partial charge is 0.219 e. The fourth-order valence-corrected chi connectivity index (χ4v) is 1.59. The lowest BCUT2D eigenvalue weighted by molar-refractivity contribution is -0.118. The molecule has 1 unspecified atom stereocenters. The highest BCUT2D eigenvalue weighted by atomic mass is 35.5. The normalized spacial score (nSPS) is 12.2. The van der Waals surface area contributed by atoms with Gasteiger partial charge in [-0.15, -0.1) is 0 Å². The van der Waals surface area contributed by atoms with Crippen LogP contribution in [0.1, 0.15) is 13.3 Å². The van der Waals surface area contributed by atoms with Crippen molar-refractivity contribution in [3.63, 3.8) is 0 Å². The van der Waals surface area contributed by atoms with Gasteiger partial charge in [0.05, 0.1) is 15.7 Å². The van der Waals surface area contributed by atoms with Crippen LogP contribution in [0.2, 0.25) is 10.0 Å². The molecule has 1 aromatic carbocycles. The summed E-state index contributed by atoms with van der Waals surface area (Å²) >= 11 is 11.8. The van der Waals surface area contributed by atoms with E-state index in [0.29, 0.717) is 15.7 Å². The van der Waals surface area contributed by atoms with E-state index in [1.54, 1.807) is 18.2 Å². The summed E-state index contributed by atoms with van der Waals surface area (Å²) in [4.78, 5) is 10.7. The van der Waals surface area contributed by atoms with Gasteiger partial charge in [0.25, 0.3) is 0 Å². The van der Waals surface area contributed by atoms with Crippen LogP contribution in [0.5, 0.6) is 0 Å². The maximum absolute atomic E-state index is 10.7. The molecular formula is C10H12Cl2N2O. The van der Waals surface area contributed by atoms with Gasteiger partial charge in [-0.1, -0.05) is 29.3 Å². The first-order valence-electron chi connectivity index (χ1n) is 4.49. The highest BCUT2D eigenvalue weighted by Gasteiger charge is 2.09. The van der Waals surface area contributed by atoms with Gasteiger partial charge < -0.3 is 11.1 Å². The molecule has 1 rings (SSSR count). The number of primary amides is 1. The second-order valence-electron chi connectivity index (χ2n) is 3.32. The van der Waals surface area contributed by atoms with Crippen molar-refractivity contribution in [3.8, 4) is 0 Å². The summed E-state index contributed by atoms with van der Waals surface area (Å²) in [5.74, 6) is -0.354. The number of halogens is 2. The Labute approximate surface area is 98.5 Å². The zero-order valence-electron chi connectivity index (χ0n) is 8.26. The SMILES string of the molecule is CC(CC(N)=O)Nc1cccc(Cl)c1Cl. The monoisotopic (exact) mass is 246 g/mol. The molecule has 0 fully saturated rings. The van der Waals surface area contributed by atoms with Crippen molar-refractivity contribution in [1.82, 2.24) is 0 Å². The second-order valence-corrected chi connectivity index (χ2v) is 4.10. The third kappa shape index (κ3) is 3.61. The van der Waals surface area contributed by atoms with E-state index in [1.165, 1.54) is 0 Å². The van der Waals surface area contributed by atoms with Gasteiger partial charge in [0.2, 0.25) is 5.91 Å². The molecule has 1 aromatic rings. The quantitative estimate of drug-likeness (QED) is 0.859. The fraction of sp³-hybridized carbons (Fsp3) is 0.300. The van der Waals surface area contributed by atoms with Crippen LogP contribution in [0.3, 0.4) is 0 Å². The topological polar surface area (TPSA) is 55.1 Å². The Balaban J connectivity index is 2.72. The molecule has 1 amide bonds. The number of amides is 1. The molecule has 3 nitrogen and oxygen atoms in total. The zero-order chi connectivity index (χ0) is 11.4. The Kier molecular flexibility index (Phi) is 4.24. The van der Waals surface area contributed by atoms with Crippen LogP contribution in [0.15, 0.2) is 18.2 Å². The van der Waals surface area contributed by atoms with Gasteiger partial charge in [0, 0.05) is 12.5 Å². The molecule has 0 aliphatic rings. The predicted octanol–water partition coefficient (Wildman–Crippen LogP) is 2.67. The van der Waals surface area contributed by atoms with Crippen LogP contribution >= 0.6 is 23.2 Å². The summed E-state index contributed by atoms with van der Waals surface area (Å²) in [6.45, 7) is 1.85. The van der Waals surface area contributed by atoms with E-state index in [4.69, 9.17) is 28.9 Å². The van der Waals surface area contributed by atoms with E-state index in [-0.39, 0.29) is 18.4 Å². The first-order chi connectivity index (χ1) is 7.00. The summed E-state index contributed by atoms with van der Waals surface area (Å²) in [5, 5.41) is 4.00. The number of carbonyl (C=O) groups excluding carboxylic acids is 1. The molecule has 0 aliphatic carbocycles. The zero-order valence-corrected chi connectivity index (χ0v) is 9.77. The Hall–Kier alpha value is -0.930. The molecule has 82 valence electrons. The molecule has 0 saturated carbocycles. The van der Waals surface area contributed by atoms with E-state index in [0.717, 1.165) is 0 Å². The number of hydrogen-bond acceptors (Lipinski definition) is 2. The number of nitrogens with one attached hydrogen (secondary N) is 1. The standard InChI is InChI=1S/C10H12Cl2N2O/c1-6(5-9(13)15)14-8-4-2-3-7(11)10(8)12/h2-4,6,14H,5H2,1H3,(H2,13,15). The average Bonchev–Trinajstić information content (AvgIpc) is 2.11. The summed E-state index contributed by atoms with van der Waals surface area (Å²) in [6.07, 6.45) is 0.253. The number of benzene rings is 1. The summed E-state index contributed by atoms with van der Waals surface area (Å²) < 4.78 is 0. The molecule has 15 heavy (non-hydrogen) atoms. The molecule has 0 aliphatic heterocycles. The molecule has 0 saturated heterocycles. The Bertz CT molecular complexity index is 368. The molecule has 0 radical (unpaired) electrons. The van der Waals surface area contributed by atoms with Gasteiger partial charge in [0.1, 0.15) is 0 Å². The lowest BCUT2D eigenvalue weighted by Crippen LogP contribution is -2.24. The van der Waals surface area contributed by atoms with E-state index >= 15 is 0 Å². The van der Waals surface area contributed by atoms with Crippen LogP contribution in [0.4, 0.5) is 5.69 Å². The molecular weight excluding hydrogens is 235 g/mol. The maximum atomic E-state index is 10.7. The number of rotatable bonds is 4. The highest BCUT2D eigenvalue weighted by Crippen LogP contribution is 2.30. The van der Waals surface area contributed by atoms with E-state index in [2.05, 4.69) is 5.32 Å². The van der Waals surface area contributed by atoms with Crippen molar-refractivity contribution in [2.24, 2.45) is 5.73 Å². The van der Waals surface area contributed by atoms with Crippen LogP contribution in [-0.4, -0.2) is 11.9 Å². The van der Waals surface area contributed by atoms with Crippen LogP contribution in [-0.2, 0) is 4.79 Å². The van der Waals surface area contributed by atoms with Gasteiger partial charge in [-0.25, -0.2) is 0 Å². The number of hydrogen-bond donors (Lipinski definition) is 2. The lowest BCUT2D eigenvalue weighted by atomic mass is 10.2. The van der Waals surface area contributed by atoms with Crippen molar-refractivity contribution in [2.75, 3.05) is 5.32 Å². The van der Waals surface area contributed by atoms with E-state index < -0.39 is 0 Å². The van der Waals surface area contributed by atoms with Crippen molar-refractivity contribution in [3.05, 3.63) is 28.2 Å². The highest BCUT2D eigenvalue weighted by molar-refractivity contribution is 6.43. The van der Waals surface area contributed by atoms with Crippen molar-refractivity contribution < 1.29 is 4.79 Å². The summed E-state index contributed by atoms with van der Waals surface area (Å²) in [7, 11) is 0. The van der Waals surface area contributed by atoms with Gasteiger partial charge in [-0.3, -0.25) is 4.79 Å². The summed E-state index contributed by atoms with van der Waals surface area (Å²) in [6, 6.07) is 5.21. The maximum Gasteiger partial charge on any atom is 0.219 e. The van der Waals surface area contributed by atoms with Gasteiger partial charge >= 0.3 is 0 Å². The minimum absolute atomic E-state index is 0.0709. The fourth-order valence-electron chi connectivity index (χ4n) is 1.23. The second kappa shape index (κ2) is 5.24. The number of carbonyl (C=O) groups is 1. The third-order valence-electron chi connectivity index (χ3n) is 1.86. The molecule has 5 heteroatoms. The Morgan fingerprint density at radius 3 is 2.80 bits per heavy atom. The van der Waals surface area contributed by atoms with Crippen molar-refractivity contribution in [2.45, 2.75) is 19.4 Å². The minimum Gasteiger partial charge on any atom is -0.381 e. The van der Waals surface area contributed by atoms with E-state index in [9.17, 15) is 4.79 Å². The lowest BCUT2D eigenvalue weighted by Gasteiger charge is -2.15. The van der Waals surface area contributed by atoms with Gasteiger partial charge in [-0.05, 0) is 19.1 Å². The van der Waals surface area contributed by atoms with Crippen LogP contribution < -0.4 is 11.1 Å². The Morgan fingerprint density at radius 1 is 1.53 bits per heavy atom. The first kappa shape index (κ1) is 12.1.